The molecule has 0 aliphatic rings. The summed E-state index contributed by atoms with van der Waals surface area (Å²) in [5.41, 5.74) is 1.68. The molecule has 3 aromatic heterocycles. The maximum Gasteiger partial charge on any atom is 0.341 e. The van der Waals surface area contributed by atoms with Gasteiger partial charge in [-0.05, 0) is 25.0 Å². The van der Waals surface area contributed by atoms with Gasteiger partial charge < -0.3 is 19.5 Å². The summed E-state index contributed by atoms with van der Waals surface area (Å²) < 4.78 is 6.73. The SMILES string of the molecule is CCCc1cc(-c2nnc(SCC(=O)Nc3sc(C(=O)N(C)C)c(C)c3C(=O)OC)n2C)cs1. The predicted octanol–water partition coefficient (Wildman–Crippen LogP) is 4.09. The number of methoxy groups -OCH3 is 1. The van der Waals surface area contributed by atoms with E-state index in [1.807, 2.05) is 11.6 Å². The van der Waals surface area contributed by atoms with Crippen LogP contribution in [0, 0.1) is 6.92 Å². The first-order valence-corrected chi connectivity index (χ1v) is 13.2. The molecule has 0 bridgehead atoms. The van der Waals surface area contributed by atoms with Crippen LogP contribution in [0.5, 0.6) is 0 Å². The molecule has 182 valence electrons. The molecular formula is C22H27N5O4S3. The minimum absolute atomic E-state index is 0.0607. The van der Waals surface area contributed by atoms with Crippen LogP contribution in [0.3, 0.4) is 0 Å². The molecule has 0 saturated carbocycles. The zero-order valence-electron chi connectivity index (χ0n) is 19.9. The summed E-state index contributed by atoms with van der Waals surface area (Å²) in [6.07, 6.45) is 2.11. The van der Waals surface area contributed by atoms with Gasteiger partial charge in [-0.15, -0.1) is 32.9 Å². The number of nitrogens with one attached hydrogen (secondary N) is 1. The van der Waals surface area contributed by atoms with Gasteiger partial charge in [0.15, 0.2) is 11.0 Å². The van der Waals surface area contributed by atoms with Crippen LogP contribution >= 0.6 is 34.4 Å². The molecule has 0 atom stereocenters. The average Bonchev–Trinajstić information content (AvgIpc) is 3.49. The first-order valence-electron chi connectivity index (χ1n) is 10.5. The number of aromatic nitrogens is 3. The van der Waals surface area contributed by atoms with Crippen molar-refractivity contribution in [3.63, 3.8) is 0 Å². The number of carbonyl (C=O) groups excluding carboxylic acids is 3. The average molecular weight is 522 g/mol. The fraction of sp³-hybridized carbons (Fsp3) is 0.409. The Bertz CT molecular complexity index is 1210. The zero-order chi connectivity index (χ0) is 25.0. The third-order valence-electron chi connectivity index (χ3n) is 4.97. The van der Waals surface area contributed by atoms with Crippen LogP contribution in [0.25, 0.3) is 11.4 Å². The Morgan fingerprint density at radius 1 is 1.26 bits per heavy atom. The quantitative estimate of drug-likeness (QED) is 0.334. The molecule has 9 nitrogen and oxygen atoms in total. The number of amides is 2. The van der Waals surface area contributed by atoms with Gasteiger partial charge in [-0.25, -0.2) is 4.79 Å². The molecule has 0 radical (unpaired) electrons. The highest BCUT2D eigenvalue weighted by Crippen LogP contribution is 2.35. The van der Waals surface area contributed by atoms with Crippen LogP contribution in [0.15, 0.2) is 16.6 Å². The Morgan fingerprint density at radius 3 is 2.65 bits per heavy atom. The monoisotopic (exact) mass is 521 g/mol. The van der Waals surface area contributed by atoms with E-state index >= 15 is 0 Å². The largest absolute Gasteiger partial charge is 0.465 e. The topological polar surface area (TPSA) is 106 Å². The molecule has 0 aromatic carbocycles. The standard InChI is InChI=1S/C22H27N5O4S3/c1-7-8-14-9-13(10-32-14)18-24-25-22(27(18)5)33-11-15(28)23-19-16(21(30)31-6)12(2)17(34-19)20(29)26(3)4/h9-10H,7-8,11H2,1-6H3,(H,23,28). The smallest absolute Gasteiger partial charge is 0.341 e. The number of rotatable bonds is 9. The van der Waals surface area contributed by atoms with Crippen molar-refractivity contribution < 1.29 is 19.1 Å². The third kappa shape index (κ3) is 5.50. The van der Waals surface area contributed by atoms with Crippen LogP contribution in [-0.2, 0) is 23.0 Å². The van der Waals surface area contributed by atoms with E-state index in [1.54, 1.807) is 32.4 Å². The minimum Gasteiger partial charge on any atom is -0.465 e. The molecule has 0 unspecified atom stereocenters. The normalized spacial score (nSPS) is 10.9. The van der Waals surface area contributed by atoms with E-state index in [2.05, 4.69) is 33.9 Å². The number of ether oxygens (including phenoxy) is 1. The summed E-state index contributed by atoms with van der Waals surface area (Å²) in [7, 11) is 6.39. The van der Waals surface area contributed by atoms with Crippen LogP contribution in [0.4, 0.5) is 5.00 Å². The Morgan fingerprint density at radius 2 is 2.00 bits per heavy atom. The van der Waals surface area contributed by atoms with Gasteiger partial charge in [-0.1, -0.05) is 25.1 Å². The number of hydrogen-bond donors (Lipinski definition) is 1. The van der Waals surface area contributed by atoms with Gasteiger partial charge in [0.1, 0.15) is 5.00 Å². The predicted molar refractivity (Wildman–Crippen MR) is 136 cm³/mol. The third-order valence-corrected chi connectivity index (χ3v) is 8.18. The second-order valence-electron chi connectivity index (χ2n) is 7.71. The van der Waals surface area contributed by atoms with E-state index in [0.29, 0.717) is 20.6 Å². The second kappa shape index (κ2) is 11.2. The van der Waals surface area contributed by atoms with Crippen molar-refractivity contribution in [2.24, 2.45) is 7.05 Å². The molecule has 0 spiro atoms. The van der Waals surface area contributed by atoms with E-state index in [0.717, 1.165) is 35.6 Å². The number of aryl methyl sites for hydroxylation is 1. The van der Waals surface area contributed by atoms with Crippen molar-refractivity contribution in [3.8, 4) is 11.4 Å². The van der Waals surface area contributed by atoms with Crippen molar-refractivity contribution in [2.75, 3.05) is 32.3 Å². The fourth-order valence-electron chi connectivity index (χ4n) is 3.22. The lowest BCUT2D eigenvalue weighted by Crippen LogP contribution is -2.21. The van der Waals surface area contributed by atoms with Crippen molar-refractivity contribution in [3.05, 3.63) is 32.3 Å². The van der Waals surface area contributed by atoms with Gasteiger partial charge in [0.25, 0.3) is 5.91 Å². The zero-order valence-corrected chi connectivity index (χ0v) is 22.4. The van der Waals surface area contributed by atoms with Crippen molar-refractivity contribution in [2.45, 2.75) is 31.8 Å². The van der Waals surface area contributed by atoms with E-state index in [9.17, 15) is 14.4 Å². The van der Waals surface area contributed by atoms with Gasteiger partial charge in [0, 0.05) is 37.0 Å². The maximum absolute atomic E-state index is 12.7. The van der Waals surface area contributed by atoms with Crippen LogP contribution in [0.2, 0.25) is 0 Å². The van der Waals surface area contributed by atoms with Crippen molar-refractivity contribution in [1.29, 1.82) is 0 Å². The van der Waals surface area contributed by atoms with Gasteiger partial charge in [0.2, 0.25) is 5.91 Å². The van der Waals surface area contributed by atoms with Gasteiger partial charge in [0.05, 0.1) is 23.3 Å². The maximum atomic E-state index is 12.7. The number of thiophene rings is 2. The highest BCUT2D eigenvalue weighted by atomic mass is 32.2. The molecule has 1 N–H and O–H groups in total. The van der Waals surface area contributed by atoms with E-state index in [1.165, 1.54) is 28.6 Å². The molecule has 0 saturated heterocycles. The van der Waals surface area contributed by atoms with E-state index in [-0.39, 0.29) is 23.1 Å². The summed E-state index contributed by atoms with van der Waals surface area (Å²) in [4.78, 5) is 40.6. The molecular weight excluding hydrogens is 494 g/mol. The number of carbonyl (C=O) groups is 3. The number of anilines is 1. The van der Waals surface area contributed by atoms with Gasteiger partial charge in [-0.2, -0.15) is 0 Å². The number of nitrogens with zero attached hydrogens (tertiary/aromatic N) is 4. The summed E-state index contributed by atoms with van der Waals surface area (Å²) in [5, 5.41) is 14.2. The number of thioether (sulfide) groups is 1. The first kappa shape index (κ1) is 25.9. The lowest BCUT2D eigenvalue weighted by molar-refractivity contribution is -0.113. The minimum atomic E-state index is -0.606. The highest BCUT2D eigenvalue weighted by Gasteiger charge is 2.27. The Hall–Kier alpha value is -2.70. The molecule has 3 rings (SSSR count). The van der Waals surface area contributed by atoms with Gasteiger partial charge >= 0.3 is 5.97 Å². The van der Waals surface area contributed by atoms with E-state index < -0.39 is 5.97 Å². The highest BCUT2D eigenvalue weighted by molar-refractivity contribution is 7.99. The molecule has 3 aromatic rings. The second-order valence-corrected chi connectivity index (χ2v) is 10.7. The Balaban J connectivity index is 1.73. The fourth-order valence-corrected chi connectivity index (χ4v) is 6.13. The first-order chi connectivity index (χ1) is 16.2. The van der Waals surface area contributed by atoms with Crippen molar-refractivity contribution in [1.82, 2.24) is 19.7 Å². The lowest BCUT2D eigenvalue weighted by Gasteiger charge is -2.08. The molecule has 0 aliphatic carbocycles. The molecule has 0 aliphatic heterocycles. The summed E-state index contributed by atoms with van der Waals surface area (Å²) in [6.45, 7) is 3.81. The summed E-state index contributed by atoms with van der Waals surface area (Å²) >= 11 is 4.01. The molecule has 12 heteroatoms. The summed E-state index contributed by atoms with van der Waals surface area (Å²) in [6, 6.07) is 2.12. The van der Waals surface area contributed by atoms with Crippen LogP contribution < -0.4 is 5.32 Å². The van der Waals surface area contributed by atoms with Crippen LogP contribution in [0.1, 0.15) is 43.8 Å². The Kier molecular flexibility index (Phi) is 8.50. The lowest BCUT2D eigenvalue weighted by atomic mass is 10.1. The molecule has 3 heterocycles. The Labute approximate surface area is 210 Å². The van der Waals surface area contributed by atoms with Crippen LogP contribution in [-0.4, -0.2) is 64.4 Å². The van der Waals surface area contributed by atoms with Crippen molar-refractivity contribution >= 4 is 57.2 Å². The number of esters is 1. The van der Waals surface area contributed by atoms with E-state index in [4.69, 9.17) is 4.74 Å². The summed E-state index contributed by atoms with van der Waals surface area (Å²) in [5.74, 6) is -0.373. The molecule has 34 heavy (non-hydrogen) atoms. The molecule has 0 fully saturated rings. The molecule has 2 amide bonds. The van der Waals surface area contributed by atoms with Gasteiger partial charge in [-0.3, -0.25) is 9.59 Å². The number of hydrogen-bond acceptors (Lipinski definition) is 9.